The quantitative estimate of drug-likeness (QED) is 0.730. The number of aliphatic hydroxyl groups is 1. The first-order valence-corrected chi connectivity index (χ1v) is 6.82. The van der Waals surface area contributed by atoms with Gasteiger partial charge in [0.1, 0.15) is 0 Å². The third kappa shape index (κ3) is 5.34. The molecule has 1 fully saturated rings. The third-order valence-electron chi connectivity index (χ3n) is 3.42. The third-order valence-corrected chi connectivity index (χ3v) is 3.42. The standard InChI is InChI=1S/C13H24N2O5/c1-14(8-11(16)9-20-2)13(19)15-5-3-4-10(7-15)6-12(17)18/h10-11,16H,3-9H2,1-2H3,(H,17,18). The second kappa shape index (κ2) is 8.06. The van der Waals surface area contributed by atoms with Crippen LogP contribution in [0.4, 0.5) is 4.79 Å². The van der Waals surface area contributed by atoms with Crippen molar-refractivity contribution in [2.75, 3.05) is 40.4 Å². The molecule has 0 spiro atoms. The molecule has 0 aromatic rings. The Labute approximate surface area is 119 Å². The summed E-state index contributed by atoms with van der Waals surface area (Å²) in [6, 6.07) is -0.171. The number of likely N-dealkylation sites (tertiary alicyclic amines) is 1. The Hall–Kier alpha value is -1.34. The number of piperidine rings is 1. The number of hydrogen-bond donors (Lipinski definition) is 2. The highest BCUT2D eigenvalue weighted by atomic mass is 16.5. The molecule has 2 atom stereocenters. The highest BCUT2D eigenvalue weighted by Gasteiger charge is 2.27. The Kier molecular flexibility index (Phi) is 6.74. The fourth-order valence-corrected chi connectivity index (χ4v) is 2.53. The number of carbonyl (C=O) groups excluding carboxylic acids is 1. The smallest absolute Gasteiger partial charge is 0.319 e. The number of aliphatic carboxylic acids is 1. The van der Waals surface area contributed by atoms with E-state index in [1.165, 1.54) is 12.0 Å². The van der Waals surface area contributed by atoms with E-state index >= 15 is 0 Å². The van der Waals surface area contributed by atoms with Gasteiger partial charge in [-0.2, -0.15) is 0 Å². The van der Waals surface area contributed by atoms with Gasteiger partial charge in [-0.1, -0.05) is 0 Å². The van der Waals surface area contributed by atoms with Gasteiger partial charge < -0.3 is 24.7 Å². The summed E-state index contributed by atoms with van der Waals surface area (Å²) in [5.41, 5.74) is 0. The van der Waals surface area contributed by atoms with Crippen LogP contribution in [0.3, 0.4) is 0 Å². The zero-order chi connectivity index (χ0) is 15.1. The van der Waals surface area contributed by atoms with Gasteiger partial charge in [-0.25, -0.2) is 4.79 Å². The summed E-state index contributed by atoms with van der Waals surface area (Å²) in [6.45, 7) is 1.49. The minimum Gasteiger partial charge on any atom is -0.481 e. The van der Waals surface area contributed by atoms with Crippen LogP contribution in [0.15, 0.2) is 0 Å². The molecule has 0 bridgehead atoms. The molecule has 7 heteroatoms. The van der Waals surface area contributed by atoms with E-state index in [-0.39, 0.29) is 31.5 Å². The van der Waals surface area contributed by atoms with Gasteiger partial charge in [0, 0.05) is 33.7 Å². The SMILES string of the molecule is COCC(O)CN(C)C(=O)N1CCCC(CC(=O)O)C1. The van der Waals surface area contributed by atoms with Crippen molar-refractivity contribution in [1.82, 2.24) is 9.80 Å². The van der Waals surface area contributed by atoms with Crippen molar-refractivity contribution in [2.24, 2.45) is 5.92 Å². The van der Waals surface area contributed by atoms with Crippen molar-refractivity contribution >= 4 is 12.0 Å². The predicted octanol–water partition coefficient (Wildman–Crippen LogP) is 0.232. The molecule has 0 aromatic heterocycles. The Morgan fingerprint density at radius 2 is 2.20 bits per heavy atom. The van der Waals surface area contributed by atoms with Crippen molar-refractivity contribution in [3.8, 4) is 0 Å². The molecule has 0 radical (unpaired) electrons. The molecule has 2 N–H and O–H groups in total. The van der Waals surface area contributed by atoms with Gasteiger partial charge in [0.2, 0.25) is 0 Å². The average Bonchev–Trinajstić information content (AvgIpc) is 2.37. The maximum Gasteiger partial charge on any atom is 0.319 e. The number of carboxylic acid groups (broad SMARTS) is 1. The summed E-state index contributed by atoms with van der Waals surface area (Å²) >= 11 is 0. The summed E-state index contributed by atoms with van der Waals surface area (Å²) in [4.78, 5) is 26.1. The summed E-state index contributed by atoms with van der Waals surface area (Å²) in [6.07, 6.45) is 1.04. The van der Waals surface area contributed by atoms with Gasteiger partial charge in [0.15, 0.2) is 0 Å². The molecule has 1 rings (SSSR count). The molecule has 0 aromatic carbocycles. The van der Waals surface area contributed by atoms with Crippen LogP contribution in [-0.4, -0.2) is 78.5 Å². The lowest BCUT2D eigenvalue weighted by Crippen LogP contribution is -2.48. The van der Waals surface area contributed by atoms with Gasteiger partial charge in [-0.05, 0) is 18.8 Å². The number of likely N-dealkylation sites (N-methyl/N-ethyl adjacent to an activating group) is 1. The van der Waals surface area contributed by atoms with Crippen LogP contribution in [0.1, 0.15) is 19.3 Å². The van der Waals surface area contributed by atoms with E-state index in [1.807, 2.05) is 0 Å². The summed E-state index contributed by atoms with van der Waals surface area (Å²) in [5, 5.41) is 18.4. The number of nitrogens with zero attached hydrogens (tertiary/aromatic N) is 2. The fourth-order valence-electron chi connectivity index (χ4n) is 2.53. The van der Waals surface area contributed by atoms with E-state index in [2.05, 4.69) is 0 Å². The molecular formula is C13H24N2O5. The maximum atomic E-state index is 12.2. The van der Waals surface area contributed by atoms with Crippen LogP contribution in [0.25, 0.3) is 0 Å². The van der Waals surface area contributed by atoms with Crippen LogP contribution >= 0.6 is 0 Å². The van der Waals surface area contributed by atoms with Gasteiger partial charge in [-0.15, -0.1) is 0 Å². The lowest BCUT2D eigenvalue weighted by Gasteiger charge is -2.35. The number of rotatable bonds is 6. The average molecular weight is 288 g/mol. The molecular weight excluding hydrogens is 264 g/mol. The molecule has 116 valence electrons. The summed E-state index contributed by atoms with van der Waals surface area (Å²) in [5.74, 6) is -0.810. The predicted molar refractivity (Wildman–Crippen MR) is 72.5 cm³/mol. The zero-order valence-corrected chi connectivity index (χ0v) is 12.1. The zero-order valence-electron chi connectivity index (χ0n) is 12.1. The number of ether oxygens (including phenoxy) is 1. The number of carboxylic acids is 1. The van der Waals surface area contributed by atoms with Crippen molar-refractivity contribution in [1.29, 1.82) is 0 Å². The lowest BCUT2D eigenvalue weighted by molar-refractivity contribution is -0.138. The Balaban J connectivity index is 2.47. The molecule has 0 aliphatic carbocycles. The van der Waals surface area contributed by atoms with E-state index in [0.29, 0.717) is 13.1 Å². The van der Waals surface area contributed by atoms with Gasteiger partial charge >= 0.3 is 12.0 Å². The largest absolute Gasteiger partial charge is 0.481 e. The Bertz CT molecular complexity index is 337. The number of carbonyl (C=O) groups is 2. The summed E-state index contributed by atoms with van der Waals surface area (Å²) in [7, 11) is 3.12. The molecule has 0 saturated carbocycles. The topological polar surface area (TPSA) is 90.3 Å². The second-order valence-electron chi connectivity index (χ2n) is 5.32. The molecule has 2 amide bonds. The number of amides is 2. The molecule has 1 heterocycles. The molecule has 2 unspecified atom stereocenters. The lowest BCUT2D eigenvalue weighted by atomic mass is 9.95. The number of urea groups is 1. The van der Waals surface area contributed by atoms with Crippen LogP contribution in [-0.2, 0) is 9.53 Å². The molecule has 20 heavy (non-hydrogen) atoms. The van der Waals surface area contributed by atoms with Crippen LogP contribution in [0.2, 0.25) is 0 Å². The first kappa shape index (κ1) is 16.7. The van der Waals surface area contributed by atoms with Crippen molar-refractivity contribution in [3.63, 3.8) is 0 Å². The molecule has 1 aliphatic heterocycles. The van der Waals surface area contributed by atoms with Gasteiger partial charge in [0.05, 0.1) is 19.3 Å². The Morgan fingerprint density at radius 1 is 1.50 bits per heavy atom. The van der Waals surface area contributed by atoms with E-state index in [4.69, 9.17) is 9.84 Å². The van der Waals surface area contributed by atoms with Crippen LogP contribution < -0.4 is 0 Å². The highest BCUT2D eigenvalue weighted by molar-refractivity contribution is 5.74. The highest BCUT2D eigenvalue weighted by Crippen LogP contribution is 2.20. The van der Waals surface area contributed by atoms with Crippen molar-refractivity contribution < 1.29 is 24.5 Å². The van der Waals surface area contributed by atoms with Crippen LogP contribution in [0.5, 0.6) is 0 Å². The first-order chi connectivity index (χ1) is 9.43. The molecule has 1 saturated heterocycles. The minimum atomic E-state index is -0.826. The Morgan fingerprint density at radius 3 is 2.80 bits per heavy atom. The molecule has 7 nitrogen and oxygen atoms in total. The van der Waals surface area contributed by atoms with Crippen molar-refractivity contribution in [2.45, 2.75) is 25.4 Å². The normalized spacial score (nSPS) is 20.6. The van der Waals surface area contributed by atoms with Gasteiger partial charge in [-0.3, -0.25) is 4.79 Å². The monoisotopic (exact) mass is 288 g/mol. The maximum absolute atomic E-state index is 12.2. The van der Waals surface area contributed by atoms with E-state index < -0.39 is 12.1 Å². The molecule has 1 aliphatic rings. The summed E-state index contributed by atoms with van der Waals surface area (Å²) < 4.78 is 4.82. The second-order valence-corrected chi connectivity index (χ2v) is 5.32. The first-order valence-electron chi connectivity index (χ1n) is 6.82. The number of hydrogen-bond acceptors (Lipinski definition) is 4. The van der Waals surface area contributed by atoms with Gasteiger partial charge in [0.25, 0.3) is 0 Å². The van der Waals surface area contributed by atoms with E-state index in [0.717, 1.165) is 12.8 Å². The minimum absolute atomic E-state index is 0.0162. The van der Waals surface area contributed by atoms with Crippen molar-refractivity contribution in [3.05, 3.63) is 0 Å². The number of aliphatic hydroxyl groups excluding tert-OH is 1. The fraction of sp³-hybridized carbons (Fsp3) is 0.846. The van der Waals surface area contributed by atoms with Crippen LogP contribution in [0, 0.1) is 5.92 Å². The van der Waals surface area contributed by atoms with E-state index in [9.17, 15) is 14.7 Å². The number of methoxy groups -OCH3 is 1. The van der Waals surface area contributed by atoms with E-state index in [1.54, 1.807) is 11.9 Å².